The van der Waals surface area contributed by atoms with Crippen molar-refractivity contribution in [2.45, 2.75) is 0 Å². The second-order valence-electron chi connectivity index (χ2n) is 2.30. The zero-order valence-corrected chi connectivity index (χ0v) is 8.84. The third kappa shape index (κ3) is 1.84. The monoisotopic (exact) mass is 256 g/mol. The molecule has 2 aromatic heterocycles. The van der Waals surface area contributed by atoms with Gasteiger partial charge in [0, 0.05) is 17.8 Å². The third-order valence-electron chi connectivity index (χ3n) is 1.37. The van der Waals surface area contributed by atoms with Crippen LogP contribution in [0.15, 0.2) is 22.2 Å². The summed E-state index contributed by atoms with van der Waals surface area (Å²) in [6, 6.07) is 0. The van der Waals surface area contributed by atoms with Crippen LogP contribution in [0.25, 0.3) is 11.5 Å². The fourth-order valence-corrected chi connectivity index (χ4v) is 1.58. The van der Waals surface area contributed by atoms with Crippen LogP contribution in [-0.2, 0) is 0 Å². The molecule has 2 heterocycles. The molecular weight excluding hydrogens is 252 g/mol. The molecule has 0 saturated heterocycles. The summed E-state index contributed by atoms with van der Waals surface area (Å²) in [5.41, 5.74) is 6.21. The first kappa shape index (κ1) is 8.58. The molecule has 0 bridgehead atoms. The predicted molar refractivity (Wildman–Crippen MR) is 55.3 cm³/mol. The Morgan fingerprint density at radius 3 is 2.54 bits per heavy atom. The molecule has 0 aliphatic heterocycles. The standard InChI is InChI=1S/C7H5BrN4S/c8-4-1-10-6(11-2-4)5-3-13-7(9)12-5/h1-3H,(H2,9,12). The van der Waals surface area contributed by atoms with Gasteiger partial charge >= 0.3 is 0 Å². The predicted octanol–water partition coefficient (Wildman–Crippen LogP) is 1.94. The second kappa shape index (κ2) is 3.39. The quantitative estimate of drug-likeness (QED) is 0.847. The van der Waals surface area contributed by atoms with Gasteiger partial charge in [-0.3, -0.25) is 0 Å². The van der Waals surface area contributed by atoms with E-state index in [2.05, 4.69) is 30.9 Å². The highest BCUT2D eigenvalue weighted by atomic mass is 79.9. The molecule has 6 heteroatoms. The minimum Gasteiger partial charge on any atom is -0.375 e. The lowest BCUT2D eigenvalue weighted by molar-refractivity contribution is 1.14. The molecule has 0 radical (unpaired) electrons. The number of hydrogen-bond acceptors (Lipinski definition) is 5. The van der Waals surface area contributed by atoms with Crippen LogP contribution < -0.4 is 5.73 Å². The minimum atomic E-state index is 0.529. The van der Waals surface area contributed by atoms with Crippen LogP contribution in [0.4, 0.5) is 5.13 Å². The highest BCUT2D eigenvalue weighted by molar-refractivity contribution is 9.10. The smallest absolute Gasteiger partial charge is 0.180 e. The molecule has 13 heavy (non-hydrogen) atoms. The number of halogens is 1. The second-order valence-corrected chi connectivity index (χ2v) is 4.10. The Kier molecular flexibility index (Phi) is 2.24. The van der Waals surface area contributed by atoms with Gasteiger partial charge in [-0.1, -0.05) is 0 Å². The molecular formula is C7H5BrN4S. The molecule has 0 aliphatic carbocycles. The van der Waals surface area contributed by atoms with Crippen LogP contribution >= 0.6 is 27.3 Å². The van der Waals surface area contributed by atoms with Crippen LogP contribution in [0.5, 0.6) is 0 Å². The molecule has 0 aliphatic rings. The largest absolute Gasteiger partial charge is 0.375 e. The normalized spacial score (nSPS) is 10.2. The molecule has 0 amide bonds. The Hall–Kier alpha value is -1.01. The van der Waals surface area contributed by atoms with Crippen LogP contribution in [-0.4, -0.2) is 15.0 Å². The Balaban J connectivity index is 2.41. The van der Waals surface area contributed by atoms with Gasteiger partial charge in [-0.15, -0.1) is 11.3 Å². The maximum atomic E-state index is 5.49. The maximum absolute atomic E-state index is 5.49. The molecule has 2 rings (SSSR count). The molecule has 2 aromatic rings. The summed E-state index contributed by atoms with van der Waals surface area (Å²) in [5, 5.41) is 2.36. The summed E-state index contributed by atoms with van der Waals surface area (Å²) in [6.07, 6.45) is 3.36. The summed E-state index contributed by atoms with van der Waals surface area (Å²) in [6.45, 7) is 0. The van der Waals surface area contributed by atoms with Gasteiger partial charge in [0.15, 0.2) is 11.0 Å². The zero-order valence-electron chi connectivity index (χ0n) is 6.44. The van der Waals surface area contributed by atoms with E-state index in [-0.39, 0.29) is 0 Å². The summed E-state index contributed by atoms with van der Waals surface area (Å²) in [5.74, 6) is 0.594. The number of anilines is 1. The van der Waals surface area contributed by atoms with Gasteiger partial charge < -0.3 is 5.73 Å². The van der Waals surface area contributed by atoms with E-state index in [9.17, 15) is 0 Å². The van der Waals surface area contributed by atoms with Crippen molar-refractivity contribution in [2.24, 2.45) is 0 Å². The highest BCUT2D eigenvalue weighted by Crippen LogP contribution is 2.19. The Labute approximate surface area is 87.0 Å². The molecule has 0 spiro atoms. The van der Waals surface area contributed by atoms with Gasteiger partial charge in [-0.25, -0.2) is 15.0 Å². The third-order valence-corrected chi connectivity index (χ3v) is 2.45. The SMILES string of the molecule is Nc1nc(-c2ncc(Br)cn2)cs1. The fraction of sp³-hybridized carbons (Fsp3) is 0. The maximum Gasteiger partial charge on any atom is 0.180 e. The van der Waals surface area contributed by atoms with E-state index in [1.807, 2.05) is 5.38 Å². The van der Waals surface area contributed by atoms with Crippen molar-refractivity contribution < 1.29 is 0 Å². The van der Waals surface area contributed by atoms with Crippen molar-refractivity contribution >= 4 is 32.4 Å². The van der Waals surface area contributed by atoms with Crippen LogP contribution in [0, 0.1) is 0 Å². The average Bonchev–Trinajstić information content (AvgIpc) is 2.53. The average molecular weight is 257 g/mol. The van der Waals surface area contributed by atoms with Gasteiger partial charge in [0.1, 0.15) is 5.69 Å². The van der Waals surface area contributed by atoms with Gasteiger partial charge in [0.05, 0.1) is 4.47 Å². The van der Waals surface area contributed by atoms with Crippen molar-refractivity contribution in [3.8, 4) is 11.5 Å². The number of hydrogen-bond donors (Lipinski definition) is 1. The van der Waals surface area contributed by atoms with Crippen molar-refractivity contribution in [3.05, 3.63) is 22.2 Å². The summed E-state index contributed by atoms with van der Waals surface area (Å²) >= 11 is 4.63. The van der Waals surface area contributed by atoms with E-state index in [0.717, 1.165) is 10.2 Å². The van der Waals surface area contributed by atoms with Crippen molar-refractivity contribution in [1.82, 2.24) is 15.0 Å². The van der Waals surface area contributed by atoms with Crippen molar-refractivity contribution in [1.29, 1.82) is 0 Å². The minimum absolute atomic E-state index is 0.529. The summed E-state index contributed by atoms with van der Waals surface area (Å²) in [7, 11) is 0. The number of nitrogen functional groups attached to an aromatic ring is 1. The first-order valence-electron chi connectivity index (χ1n) is 3.44. The molecule has 0 unspecified atom stereocenters. The Morgan fingerprint density at radius 2 is 2.00 bits per heavy atom. The zero-order chi connectivity index (χ0) is 9.26. The molecule has 0 fully saturated rings. The van der Waals surface area contributed by atoms with E-state index in [4.69, 9.17) is 5.73 Å². The number of nitrogens with two attached hydrogens (primary N) is 1. The topological polar surface area (TPSA) is 64.7 Å². The summed E-state index contributed by atoms with van der Waals surface area (Å²) in [4.78, 5) is 12.3. The lowest BCUT2D eigenvalue weighted by Gasteiger charge is -1.93. The highest BCUT2D eigenvalue weighted by Gasteiger charge is 2.04. The van der Waals surface area contributed by atoms with Crippen LogP contribution in [0.2, 0.25) is 0 Å². The lowest BCUT2D eigenvalue weighted by atomic mass is 10.4. The van der Waals surface area contributed by atoms with E-state index in [1.165, 1.54) is 11.3 Å². The number of aromatic nitrogens is 3. The fourth-order valence-electron chi connectivity index (χ4n) is 0.835. The van der Waals surface area contributed by atoms with Gasteiger partial charge in [0.2, 0.25) is 0 Å². The molecule has 2 N–H and O–H groups in total. The van der Waals surface area contributed by atoms with Gasteiger partial charge in [-0.05, 0) is 15.9 Å². The molecule has 66 valence electrons. The van der Waals surface area contributed by atoms with Crippen molar-refractivity contribution in [3.63, 3.8) is 0 Å². The van der Waals surface area contributed by atoms with E-state index >= 15 is 0 Å². The molecule has 0 saturated carbocycles. The first-order chi connectivity index (χ1) is 6.25. The van der Waals surface area contributed by atoms with E-state index < -0.39 is 0 Å². The summed E-state index contributed by atoms with van der Waals surface area (Å²) < 4.78 is 0.847. The molecule has 0 atom stereocenters. The van der Waals surface area contributed by atoms with E-state index in [0.29, 0.717) is 11.0 Å². The number of thiazole rings is 1. The first-order valence-corrected chi connectivity index (χ1v) is 5.12. The van der Waals surface area contributed by atoms with Crippen LogP contribution in [0.1, 0.15) is 0 Å². The lowest BCUT2D eigenvalue weighted by Crippen LogP contribution is -1.88. The van der Waals surface area contributed by atoms with Gasteiger partial charge in [0.25, 0.3) is 0 Å². The number of nitrogens with zero attached hydrogens (tertiary/aromatic N) is 3. The molecule has 0 aromatic carbocycles. The molecule has 4 nitrogen and oxygen atoms in total. The Morgan fingerprint density at radius 1 is 1.31 bits per heavy atom. The van der Waals surface area contributed by atoms with Crippen molar-refractivity contribution in [2.75, 3.05) is 5.73 Å². The van der Waals surface area contributed by atoms with Gasteiger partial charge in [-0.2, -0.15) is 0 Å². The Bertz CT molecular complexity index is 411. The van der Waals surface area contributed by atoms with Crippen LogP contribution in [0.3, 0.4) is 0 Å². The van der Waals surface area contributed by atoms with E-state index in [1.54, 1.807) is 12.4 Å². The number of rotatable bonds is 1.